The molecule has 0 saturated heterocycles. The number of rotatable bonds is 8. The molecule has 0 aliphatic rings. The van der Waals surface area contributed by atoms with E-state index in [2.05, 4.69) is 12.2 Å². The van der Waals surface area contributed by atoms with Gasteiger partial charge < -0.3 is 14.8 Å². The van der Waals surface area contributed by atoms with Crippen molar-refractivity contribution in [3.63, 3.8) is 0 Å². The zero-order chi connectivity index (χ0) is 16.4. The molecule has 0 radical (unpaired) electrons. The molecule has 5 heteroatoms. The summed E-state index contributed by atoms with van der Waals surface area (Å²) in [5, 5.41) is 11.5. The molecule has 1 aromatic carbocycles. The van der Waals surface area contributed by atoms with Crippen molar-refractivity contribution in [3.8, 4) is 17.6 Å². The maximum atomic E-state index is 11.5. The lowest BCUT2D eigenvalue weighted by molar-refractivity contribution is -0.116. The van der Waals surface area contributed by atoms with Crippen molar-refractivity contribution in [2.75, 3.05) is 20.3 Å². The second-order valence-electron chi connectivity index (χ2n) is 4.59. The van der Waals surface area contributed by atoms with E-state index in [0.717, 1.165) is 12.8 Å². The van der Waals surface area contributed by atoms with Gasteiger partial charge in [0.15, 0.2) is 11.5 Å². The van der Waals surface area contributed by atoms with E-state index >= 15 is 0 Å². The van der Waals surface area contributed by atoms with Gasteiger partial charge in [-0.15, -0.1) is 0 Å². The minimum absolute atomic E-state index is 0.0459. The Morgan fingerprint density at radius 3 is 2.68 bits per heavy atom. The second-order valence-corrected chi connectivity index (χ2v) is 4.59. The van der Waals surface area contributed by atoms with Crippen LogP contribution in [-0.2, 0) is 4.79 Å². The van der Waals surface area contributed by atoms with E-state index in [4.69, 9.17) is 14.7 Å². The summed E-state index contributed by atoms with van der Waals surface area (Å²) < 4.78 is 11.3. The molecule has 0 spiro atoms. The van der Waals surface area contributed by atoms with Gasteiger partial charge in [-0.25, -0.2) is 0 Å². The molecule has 22 heavy (non-hydrogen) atoms. The molecule has 0 saturated carbocycles. The normalized spacial score (nSPS) is 10.7. The smallest absolute Gasteiger partial charge is 0.261 e. The number of carbonyl (C=O) groups excluding carboxylic acids is 1. The average Bonchev–Trinajstić information content (AvgIpc) is 2.54. The highest BCUT2D eigenvalue weighted by Gasteiger charge is 2.09. The Labute approximate surface area is 131 Å². The maximum absolute atomic E-state index is 11.5. The summed E-state index contributed by atoms with van der Waals surface area (Å²) in [6.07, 6.45) is 3.56. The molecule has 0 aromatic heterocycles. The highest BCUT2D eigenvalue weighted by molar-refractivity contribution is 6.01. The largest absolute Gasteiger partial charge is 0.490 e. The number of amides is 1. The Bertz CT molecular complexity index is 574. The molecule has 0 aliphatic carbocycles. The van der Waals surface area contributed by atoms with Crippen molar-refractivity contribution >= 4 is 12.0 Å². The Morgan fingerprint density at radius 2 is 2.09 bits per heavy atom. The average molecular weight is 302 g/mol. The van der Waals surface area contributed by atoms with E-state index in [9.17, 15) is 4.79 Å². The van der Waals surface area contributed by atoms with Gasteiger partial charge in [-0.05, 0) is 37.1 Å². The molecule has 0 unspecified atom stereocenters. The molecule has 118 valence electrons. The molecular formula is C17H22N2O3. The summed E-state index contributed by atoms with van der Waals surface area (Å²) >= 11 is 0. The van der Waals surface area contributed by atoms with E-state index in [1.807, 2.05) is 13.0 Å². The molecule has 5 nitrogen and oxygen atoms in total. The van der Waals surface area contributed by atoms with Gasteiger partial charge in [-0.3, -0.25) is 4.79 Å². The van der Waals surface area contributed by atoms with Crippen LogP contribution in [-0.4, -0.2) is 26.2 Å². The molecule has 1 aromatic rings. The number of hydrogen-bond donors (Lipinski definition) is 1. The topological polar surface area (TPSA) is 71.3 Å². The Balaban J connectivity index is 3.03. The van der Waals surface area contributed by atoms with Crippen LogP contribution in [0.5, 0.6) is 11.5 Å². The van der Waals surface area contributed by atoms with Gasteiger partial charge in [0.1, 0.15) is 11.6 Å². The van der Waals surface area contributed by atoms with E-state index in [-0.39, 0.29) is 5.57 Å². The number of benzene rings is 1. The molecule has 1 N–H and O–H groups in total. The van der Waals surface area contributed by atoms with E-state index < -0.39 is 5.91 Å². The molecule has 0 bridgehead atoms. The summed E-state index contributed by atoms with van der Waals surface area (Å²) in [5.41, 5.74) is 0.760. The monoisotopic (exact) mass is 302 g/mol. The van der Waals surface area contributed by atoms with Crippen LogP contribution in [0.15, 0.2) is 23.8 Å². The summed E-state index contributed by atoms with van der Waals surface area (Å²) in [7, 11) is 1.49. The van der Waals surface area contributed by atoms with E-state index in [1.54, 1.807) is 18.2 Å². The predicted octanol–water partition coefficient (Wildman–Crippen LogP) is 2.92. The van der Waals surface area contributed by atoms with Crippen LogP contribution in [0.4, 0.5) is 0 Å². The van der Waals surface area contributed by atoms with Crippen LogP contribution in [0.1, 0.15) is 32.3 Å². The number of nitriles is 1. The van der Waals surface area contributed by atoms with Crippen molar-refractivity contribution in [2.24, 2.45) is 0 Å². The lowest BCUT2D eigenvalue weighted by Gasteiger charge is -2.12. The minimum Gasteiger partial charge on any atom is -0.490 e. The third kappa shape index (κ3) is 5.13. The number of nitrogens with one attached hydrogen (secondary N) is 1. The molecular weight excluding hydrogens is 280 g/mol. The fraction of sp³-hybridized carbons (Fsp3) is 0.412. The van der Waals surface area contributed by atoms with E-state index in [1.165, 1.54) is 13.1 Å². The highest BCUT2D eigenvalue weighted by Crippen LogP contribution is 2.29. The van der Waals surface area contributed by atoms with Gasteiger partial charge in [-0.1, -0.05) is 19.4 Å². The molecule has 0 aliphatic heterocycles. The number of likely N-dealkylation sites (N-methyl/N-ethyl adjacent to an activating group) is 1. The summed E-state index contributed by atoms with van der Waals surface area (Å²) in [5.74, 6) is 0.871. The van der Waals surface area contributed by atoms with Crippen molar-refractivity contribution < 1.29 is 14.3 Å². The fourth-order valence-electron chi connectivity index (χ4n) is 1.78. The number of nitrogens with zero attached hydrogens (tertiary/aromatic N) is 1. The van der Waals surface area contributed by atoms with Gasteiger partial charge in [0.05, 0.1) is 13.2 Å². The first-order valence-electron chi connectivity index (χ1n) is 7.39. The van der Waals surface area contributed by atoms with Crippen molar-refractivity contribution in [2.45, 2.75) is 26.7 Å². The summed E-state index contributed by atoms with van der Waals surface area (Å²) in [4.78, 5) is 11.5. The van der Waals surface area contributed by atoms with Gasteiger partial charge in [0.2, 0.25) is 0 Å². The predicted molar refractivity (Wildman–Crippen MR) is 85.7 cm³/mol. The van der Waals surface area contributed by atoms with Gasteiger partial charge in [0, 0.05) is 7.05 Å². The Hall–Kier alpha value is -2.48. The first-order valence-corrected chi connectivity index (χ1v) is 7.39. The third-order valence-corrected chi connectivity index (χ3v) is 2.93. The lowest BCUT2D eigenvalue weighted by atomic mass is 10.1. The Morgan fingerprint density at radius 1 is 1.32 bits per heavy atom. The van der Waals surface area contributed by atoms with Crippen LogP contribution in [0.3, 0.4) is 0 Å². The first kappa shape index (κ1) is 17.6. The summed E-state index contributed by atoms with van der Waals surface area (Å²) in [6.45, 7) is 5.14. The molecule has 0 atom stereocenters. The maximum Gasteiger partial charge on any atom is 0.261 e. The van der Waals surface area contributed by atoms with Crippen molar-refractivity contribution in [1.82, 2.24) is 5.32 Å². The van der Waals surface area contributed by atoms with Crippen LogP contribution in [0, 0.1) is 11.3 Å². The zero-order valence-electron chi connectivity index (χ0n) is 13.3. The molecule has 0 fully saturated rings. The Kier molecular flexibility index (Phi) is 7.55. The summed E-state index contributed by atoms with van der Waals surface area (Å²) in [6, 6.07) is 7.25. The number of unbranched alkanes of at least 4 members (excludes halogenated alkanes) is 1. The molecule has 1 rings (SSSR count). The fourth-order valence-corrected chi connectivity index (χ4v) is 1.78. The molecule has 1 amide bonds. The van der Waals surface area contributed by atoms with Crippen LogP contribution < -0.4 is 14.8 Å². The highest BCUT2D eigenvalue weighted by atomic mass is 16.5. The van der Waals surface area contributed by atoms with Crippen LogP contribution >= 0.6 is 0 Å². The first-order chi connectivity index (χ1) is 10.7. The number of ether oxygens (including phenoxy) is 2. The molecule has 0 heterocycles. The van der Waals surface area contributed by atoms with Crippen molar-refractivity contribution in [1.29, 1.82) is 5.26 Å². The van der Waals surface area contributed by atoms with Gasteiger partial charge in [-0.2, -0.15) is 5.26 Å². The number of hydrogen-bond acceptors (Lipinski definition) is 4. The SMILES string of the molecule is CCCCOc1ccc(/C=C(\C#N)C(=O)NC)cc1OCC. The van der Waals surface area contributed by atoms with E-state index in [0.29, 0.717) is 30.3 Å². The minimum atomic E-state index is -0.413. The van der Waals surface area contributed by atoms with Crippen molar-refractivity contribution in [3.05, 3.63) is 29.3 Å². The van der Waals surface area contributed by atoms with Gasteiger partial charge >= 0.3 is 0 Å². The van der Waals surface area contributed by atoms with Crippen LogP contribution in [0.2, 0.25) is 0 Å². The lowest BCUT2D eigenvalue weighted by Crippen LogP contribution is -2.19. The van der Waals surface area contributed by atoms with Crippen LogP contribution in [0.25, 0.3) is 6.08 Å². The van der Waals surface area contributed by atoms with Gasteiger partial charge in [0.25, 0.3) is 5.91 Å². The second kappa shape index (κ2) is 9.46. The standard InChI is InChI=1S/C17H22N2O3/c1-4-6-9-22-15-8-7-13(11-16(15)21-5-2)10-14(12-18)17(20)19-3/h7-8,10-11H,4-6,9H2,1-3H3,(H,19,20)/b14-10+. The third-order valence-electron chi connectivity index (χ3n) is 2.93. The zero-order valence-corrected chi connectivity index (χ0v) is 13.3. The number of carbonyl (C=O) groups is 1. The quantitative estimate of drug-likeness (QED) is 0.455.